The number of amides is 2. The Kier molecular flexibility index (Phi) is 9.45. The fourth-order valence-corrected chi connectivity index (χ4v) is 4.43. The fraction of sp³-hybridized carbons (Fsp3) is 0.379. The van der Waals surface area contributed by atoms with Crippen LogP contribution in [0.1, 0.15) is 44.7 Å². The molecule has 0 unspecified atom stereocenters. The van der Waals surface area contributed by atoms with Crippen molar-refractivity contribution in [3.05, 3.63) is 71.6 Å². The molecule has 8 heteroatoms. The standard InChI is InChI=1S/C29H36N6O2/c1-20(2)28(33-26-7-5-6-23(16-26)17-30)27(18-31)32-25-10-8-22(9-11-25)19-34(4)29(37)24-12-14-35(15-13-24)21(3)36/h5-11,16,18,20,24,32H,12-15,19,31H2,1-4H3/b27-18+,33-28?. The summed E-state index contributed by atoms with van der Waals surface area (Å²) < 4.78 is 0. The number of rotatable bonds is 8. The molecule has 1 aliphatic heterocycles. The summed E-state index contributed by atoms with van der Waals surface area (Å²) in [7, 11) is 1.83. The van der Waals surface area contributed by atoms with Gasteiger partial charge in [-0.2, -0.15) is 5.26 Å². The van der Waals surface area contributed by atoms with Gasteiger partial charge in [0.15, 0.2) is 0 Å². The fourth-order valence-electron chi connectivity index (χ4n) is 4.43. The van der Waals surface area contributed by atoms with E-state index in [0.29, 0.717) is 49.4 Å². The molecule has 0 radical (unpaired) electrons. The van der Waals surface area contributed by atoms with Crippen LogP contribution in [0, 0.1) is 23.2 Å². The van der Waals surface area contributed by atoms with E-state index in [2.05, 4.69) is 11.4 Å². The molecule has 0 aromatic heterocycles. The van der Waals surface area contributed by atoms with Gasteiger partial charge in [0.05, 0.1) is 28.7 Å². The highest BCUT2D eigenvalue weighted by atomic mass is 16.2. The molecule has 0 aliphatic carbocycles. The SMILES string of the molecule is CC(=O)N1CCC(C(=O)N(C)Cc2ccc(N/C(=C/N)C(=Nc3cccc(C#N)c3)C(C)C)cc2)CC1. The molecule has 3 rings (SSSR count). The highest BCUT2D eigenvalue weighted by molar-refractivity contribution is 6.05. The average Bonchev–Trinajstić information content (AvgIpc) is 2.91. The highest BCUT2D eigenvalue weighted by Gasteiger charge is 2.28. The average molecular weight is 501 g/mol. The predicted octanol–water partition coefficient (Wildman–Crippen LogP) is 4.42. The lowest BCUT2D eigenvalue weighted by Gasteiger charge is -2.32. The number of nitriles is 1. The Morgan fingerprint density at radius 2 is 1.89 bits per heavy atom. The number of aliphatic imine (C=N–C) groups is 1. The molecule has 0 atom stereocenters. The number of anilines is 1. The smallest absolute Gasteiger partial charge is 0.225 e. The Hall–Kier alpha value is -4.12. The lowest BCUT2D eigenvalue weighted by molar-refractivity contribution is -0.139. The second-order valence-electron chi connectivity index (χ2n) is 9.69. The van der Waals surface area contributed by atoms with E-state index in [1.165, 1.54) is 6.20 Å². The van der Waals surface area contributed by atoms with E-state index in [4.69, 9.17) is 10.7 Å². The summed E-state index contributed by atoms with van der Waals surface area (Å²) in [6.45, 7) is 7.45. The first-order chi connectivity index (χ1) is 17.7. The molecular formula is C29H36N6O2. The minimum Gasteiger partial charge on any atom is -0.403 e. The Balaban J connectivity index is 1.64. The molecule has 1 fully saturated rings. The van der Waals surface area contributed by atoms with Crippen molar-refractivity contribution in [2.24, 2.45) is 22.6 Å². The summed E-state index contributed by atoms with van der Waals surface area (Å²) in [6.07, 6.45) is 2.92. The third kappa shape index (κ3) is 7.43. The minimum atomic E-state index is -0.0404. The number of piperidine rings is 1. The van der Waals surface area contributed by atoms with E-state index in [-0.39, 0.29) is 23.7 Å². The van der Waals surface area contributed by atoms with Gasteiger partial charge < -0.3 is 20.9 Å². The van der Waals surface area contributed by atoms with Gasteiger partial charge in [-0.15, -0.1) is 0 Å². The molecule has 194 valence electrons. The molecule has 2 aromatic carbocycles. The van der Waals surface area contributed by atoms with Crippen LogP contribution in [-0.4, -0.2) is 47.5 Å². The van der Waals surface area contributed by atoms with E-state index >= 15 is 0 Å². The number of carbonyl (C=O) groups excluding carboxylic acids is 2. The molecular weight excluding hydrogens is 464 g/mol. The van der Waals surface area contributed by atoms with Gasteiger partial charge in [-0.05, 0) is 54.7 Å². The molecule has 3 N–H and O–H groups in total. The Bertz CT molecular complexity index is 1200. The third-order valence-electron chi connectivity index (χ3n) is 6.53. The maximum absolute atomic E-state index is 12.9. The quantitative estimate of drug-likeness (QED) is 0.521. The first kappa shape index (κ1) is 27.5. The van der Waals surface area contributed by atoms with Crippen molar-refractivity contribution < 1.29 is 9.59 Å². The molecule has 0 saturated carbocycles. The largest absolute Gasteiger partial charge is 0.403 e. The van der Waals surface area contributed by atoms with E-state index in [1.54, 1.807) is 28.9 Å². The van der Waals surface area contributed by atoms with Gasteiger partial charge in [0.25, 0.3) is 0 Å². The molecule has 0 spiro atoms. The molecule has 8 nitrogen and oxygen atoms in total. The zero-order valence-corrected chi connectivity index (χ0v) is 22.1. The topological polar surface area (TPSA) is 115 Å². The first-order valence-electron chi connectivity index (χ1n) is 12.6. The summed E-state index contributed by atoms with van der Waals surface area (Å²) in [5.41, 5.74) is 10.6. The van der Waals surface area contributed by atoms with Gasteiger partial charge in [0, 0.05) is 51.4 Å². The summed E-state index contributed by atoms with van der Waals surface area (Å²) in [6, 6.07) is 17.2. The molecule has 1 heterocycles. The van der Waals surface area contributed by atoms with E-state index in [9.17, 15) is 14.9 Å². The zero-order valence-electron chi connectivity index (χ0n) is 22.1. The van der Waals surface area contributed by atoms with Crippen molar-refractivity contribution in [3.63, 3.8) is 0 Å². The van der Waals surface area contributed by atoms with Crippen LogP contribution in [0.2, 0.25) is 0 Å². The second-order valence-corrected chi connectivity index (χ2v) is 9.69. The van der Waals surface area contributed by atoms with Crippen LogP contribution in [0.4, 0.5) is 11.4 Å². The maximum atomic E-state index is 12.9. The molecule has 1 saturated heterocycles. The summed E-state index contributed by atoms with van der Waals surface area (Å²) in [5.74, 6) is 0.244. The monoisotopic (exact) mass is 500 g/mol. The van der Waals surface area contributed by atoms with Gasteiger partial charge in [0.2, 0.25) is 11.8 Å². The van der Waals surface area contributed by atoms with E-state index in [1.807, 2.05) is 57.3 Å². The summed E-state index contributed by atoms with van der Waals surface area (Å²) in [5, 5.41) is 12.5. The van der Waals surface area contributed by atoms with E-state index in [0.717, 1.165) is 17.0 Å². The molecule has 2 amide bonds. The van der Waals surface area contributed by atoms with Crippen molar-refractivity contribution in [2.45, 2.75) is 40.2 Å². The van der Waals surface area contributed by atoms with Crippen molar-refractivity contribution in [1.82, 2.24) is 9.80 Å². The number of hydrogen-bond donors (Lipinski definition) is 2. The Morgan fingerprint density at radius 1 is 1.22 bits per heavy atom. The number of allylic oxidation sites excluding steroid dienone is 1. The van der Waals surface area contributed by atoms with Crippen molar-refractivity contribution in [3.8, 4) is 6.07 Å². The van der Waals surface area contributed by atoms with E-state index < -0.39 is 0 Å². The van der Waals surface area contributed by atoms with Gasteiger partial charge in [-0.1, -0.05) is 32.0 Å². The molecule has 37 heavy (non-hydrogen) atoms. The first-order valence-corrected chi connectivity index (χ1v) is 12.6. The number of carbonyl (C=O) groups is 2. The minimum absolute atomic E-state index is 0.0404. The van der Waals surface area contributed by atoms with Crippen molar-refractivity contribution in [2.75, 3.05) is 25.5 Å². The van der Waals surface area contributed by atoms with Gasteiger partial charge in [0.1, 0.15) is 0 Å². The third-order valence-corrected chi connectivity index (χ3v) is 6.53. The van der Waals surface area contributed by atoms with Gasteiger partial charge in [-0.25, -0.2) is 0 Å². The maximum Gasteiger partial charge on any atom is 0.225 e. The van der Waals surface area contributed by atoms with Crippen LogP contribution < -0.4 is 11.1 Å². The van der Waals surface area contributed by atoms with Gasteiger partial charge >= 0.3 is 0 Å². The van der Waals surface area contributed by atoms with Crippen LogP contribution in [0.3, 0.4) is 0 Å². The van der Waals surface area contributed by atoms with Crippen LogP contribution in [0.5, 0.6) is 0 Å². The van der Waals surface area contributed by atoms with Crippen LogP contribution >= 0.6 is 0 Å². The number of likely N-dealkylation sites (tertiary alicyclic amines) is 1. The lowest BCUT2D eigenvalue weighted by Crippen LogP contribution is -2.42. The van der Waals surface area contributed by atoms with Crippen LogP contribution in [0.15, 0.2) is 65.4 Å². The number of hydrogen-bond acceptors (Lipinski definition) is 6. The number of nitrogens with two attached hydrogens (primary N) is 1. The number of nitrogens with one attached hydrogen (secondary N) is 1. The normalized spacial score (nSPS) is 14.9. The predicted molar refractivity (Wildman–Crippen MR) is 147 cm³/mol. The Labute approximate surface area is 219 Å². The van der Waals surface area contributed by atoms with Crippen molar-refractivity contribution in [1.29, 1.82) is 5.26 Å². The highest BCUT2D eigenvalue weighted by Crippen LogP contribution is 2.22. The number of nitrogens with zero attached hydrogens (tertiary/aromatic N) is 4. The van der Waals surface area contributed by atoms with Gasteiger partial charge in [-0.3, -0.25) is 14.6 Å². The number of benzene rings is 2. The van der Waals surface area contributed by atoms with Crippen LogP contribution in [0.25, 0.3) is 0 Å². The van der Waals surface area contributed by atoms with Crippen molar-refractivity contribution >= 4 is 28.9 Å². The van der Waals surface area contributed by atoms with Crippen LogP contribution in [-0.2, 0) is 16.1 Å². The summed E-state index contributed by atoms with van der Waals surface area (Å²) in [4.78, 5) is 32.8. The molecule has 0 bridgehead atoms. The molecule has 2 aromatic rings. The summed E-state index contributed by atoms with van der Waals surface area (Å²) >= 11 is 0. The second kappa shape index (κ2) is 12.7. The molecule has 1 aliphatic rings. The zero-order chi connectivity index (χ0) is 26.9. The lowest BCUT2D eigenvalue weighted by atomic mass is 9.95. The Morgan fingerprint density at radius 3 is 2.46 bits per heavy atom.